The van der Waals surface area contributed by atoms with Crippen molar-refractivity contribution in [2.24, 2.45) is 5.92 Å². The van der Waals surface area contributed by atoms with E-state index in [4.69, 9.17) is 23.2 Å². The Kier molecular flexibility index (Phi) is 5.95. The average molecular weight is 375 g/mol. The van der Waals surface area contributed by atoms with Crippen molar-refractivity contribution in [3.63, 3.8) is 0 Å². The van der Waals surface area contributed by atoms with E-state index in [1.807, 2.05) is 0 Å². The Bertz CT molecular complexity index is 539. The molecule has 2 rings (SSSR count). The summed E-state index contributed by atoms with van der Waals surface area (Å²) in [6, 6.07) is 0.347. The fraction of sp³-hybridized carbons (Fsp3) is 0.812. The Morgan fingerprint density at radius 1 is 1.08 bits per heavy atom. The number of piperidine rings is 1. The zero-order chi connectivity index (χ0) is 18.1. The fourth-order valence-electron chi connectivity index (χ4n) is 4.04. The van der Waals surface area contributed by atoms with Crippen molar-refractivity contribution < 1.29 is 0 Å². The molecular formula is C16H28Cl2N6. The van der Waals surface area contributed by atoms with Crippen LogP contribution in [0.5, 0.6) is 0 Å². The molecule has 1 aromatic heterocycles. The van der Waals surface area contributed by atoms with Crippen LogP contribution >= 0.6 is 23.2 Å². The predicted molar refractivity (Wildman–Crippen MR) is 99.8 cm³/mol. The first-order valence-corrected chi connectivity index (χ1v) is 9.00. The van der Waals surface area contributed by atoms with Crippen LogP contribution in [0.25, 0.3) is 0 Å². The monoisotopic (exact) mass is 374 g/mol. The second kappa shape index (κ2) is 7.28. The lowest BCUT2D eigenvalue weighted by Gasteiger charge is -2.49. The molecule has 0 spiro atoms. The quantitative estimate of drug-likeness (QED) is 0.825. The maximum absolute atomic E-state index is 5.85. The van der Waals surface area contributed by atoms with Crippen LogP contribution in [0.15, 0.2) is 0 Å². The van der Waals surface area contributed by atoms with Crippen molar-refractivity contribution in [1.29, 1.82) is 0 Å². The summed E-state index contributed by atoms with van der Waals surface area (Å²) in [5.41, 5.74) is 0.223. The van der Waals surface area contributed by atoms with Gasteiger partial charge in [-0.1, -0.05) is 0 Å². The lowest BCUT2D eigenvalue weighted by atomic mass is 9.72. The van der Waals surface area contributed by atoms with Gasteiger partial charge in [-0.2, -0.15) is 15.0 Å². The van der Waals surface area contributed by atoms with Crippen LogP contribution in [0.3, 0.4) is 0 Å². The van der Waals surface area contributed by atoms with Crippen LogP contribution in [-0.2, 0) is 0 Å². The van der Waals surface area contributed by atoms with Gasteiger partial charge < -0.3 is 15.5 Å². The maximum Gasteiger partial charge on any atom is 0.228 e. The largest absolute Gasteiger partial charge is 0.352 e. The molecule has 6 nitrogen and oxygen atoms in total. The second-order valence-corrected chi connectivity index (χ2v) is 8.85. The van der Waals surface area contributed by atoms with Crippen molar-refractivity contribution >= 4 is 29.2 Å². The zero-order valence-electron chi connectivity index (χ0n) is 15.3. The van der Waals surface area contributed by atoms with Gasteiger partial charge >= 0.3 is 0 Å². The number of hydrogen-bond donors (Lipinski definition) is 2. The first-order chi connectivity index (χ1) is 11.0. The number of nitrogens with zero attached hydrogens (tertiary/aromatic N) is 4. The van der Waals surface area contributed by atoms with Crippen LogP contribution in [0.4, 0.5) is 5.95 Å². The minimum absolute atomic E-state index is 0.100. The third-order valence-corrected chi connectivity index (χ3v) is 4.82. The van der Waals surface area contributed by atoms with E-state index in [0.717, 1.165) is 19.4 Å². The van der Waals surface area contributed by atoms with Crippen molar-refractivity contribution in [3.05, 3.63) is 10.6 Å². The van der Waals surface area contributed by atoms with Gasteiger partial charge in [-0.05, 0) is 83.8 Å². The normalized spacial score (nSPS) is 21.7. The van der Waals surface area contributed by atoms with E-state index in [2.05, 4.69) is 72.3 Å². The Morgan fingerprint density at radius 3 is 2.04 bits per heavy atom. The summed E-state index contributed by atoms with van der Waals surface area (Å²) in [7, 11) is 4.23. The number of likely N-dealkylation sites (N-methyl/N-ethyl adjacent to an activating group) is 1. The summed E-state index contributed by atoms with van der Waals surface area (Å²) in [6.45, 7) is 9.80. The molecule has 1 unspecified atom stereocenters. The number of hydrogen-bond acceptors (Lipinski definition) is 6. The van der Waals surface area contributed by atoms with Crippen LogP contribution in [-0.4, -0.2) is 57.6 Å². The molecule has 0 bridgehead atoms. The van der Waals surface area contributed by atoms with E-state index in [0.29, 0.717) is 17.9 Å². The molecule has 2 heterocycles. The number of anilines is 1. The highest BCUT2D eigenvalue weighted by Crippen LogP contribution is 2.35. The van der Waals surface area contributed by atoms with Crippen molar-refractivity contribution in [1.82, 2.24) is 25.2 Å². The van der Waals surface area contributed by atoms with Gasteiger partial charge in [0, 0.05) is 23.7 Å². The van der Waals surface area contributed by atoms with Gasteiger partial charge in [0.15, 0.2) is 0 Å². The first-order valence-electron chi connectivity index (χ1n) is 8.24. The number of rotatable bonds is 5. The van der Waals surface area contributed by atoms with E-state index in [1.165, 1.54) is 0 Å². The molecular weight excluding hydrogens is 347 g/mol. The van der Waals surface area contributed by atoms with E-state index < -0.39 is 0 Å². The summed E-state index contributed by atoms with van der Waals surface area (Å²) in [5, 5.41) is 7.20. The molecule has 24 heavy (non-hydrogen) atoms. The number of halogens is 2. The molecule has 0 aromatic carbocycles. The molecule has 1 fully saturated rings. The first kappa shape index (κ1) is 19.6. The third-order valence-electron chi connectivity index (χ3n) is 4.48. The summed E-state index contributed by atoms with van der Waals surface area (Å²) in [5.74, 6) is 0.964. The van der Waals surface area contributed by atoms with E-state index in [9.17, 15) is 0 Å². The van der Waals surface area contributed by atoms with Gasteiger partial charge in [0.25, 0.3) is 0 Å². The van der Waals surface area contributed by atoms with Crippen LogP contribution in [0, 0.1) is 5.92 Å². The number of nitrogens with one attached hydrogen (secondary N) is 2. The lowest BCUT2D eigenvalue weighted by molar-refractivity contribution is 0.0767. The smallest absolute Gasteiger partial charge is 0.228 e. The third kappa shape index (κ3) is 5.41. The predicted octanol–water partition coefficient (Wildman–Crippen LogP) is 3.08. The Morgan fingerprint density at radius 2 is 1.58 bits per heavy atom. The van der Waals surface area contributed by atoms with Gasteiger partial charge in [-0.25, -0.2) is 0 Å². The molecule has 8 heteroatoms. The second-order valence-electron chi connectivity index (χ2n) is 8.17. The topological polar surface area (TPSA) is 66.0 Å². The maximum atomic E-state index is 5.85. The minimum Gasteiger partial charge on any atom is -0.352 e. The van der Waals surface area contributed by atoms with Crippen LogP contribution in [0.2, 0.25) is 10.6 Å². The standard InChI is InChI=1S/C16H28Cl2N6/c1-15(2)7-10(8-16(3,4)23-15)11(24(5)6)9-19-14-21-12(17)20-13(18)22-14/h10-11,23H,7-9H2,1-6H3,(H,19,20,21,22). The minimum atomic E-state index is 0.100. The van der Waals surface area contributed by atoms with Gasteiger partial charge in [-0.3, -0.25) is 0 Å². The highest BCUT2D eigenvalue weighted by molar-refractivity contribution is 6.31. The number of aromatic nitrogens is 3. The lowest BCUT2D eigenvalue weighted by Crippen LogP contribution is -2.61. The molecule has 2 N–H and O–H groups in total. The average Bonchev–Trinajstić information content (AvgIpc) is 2.33. The zero-order valence-corrected chi connectivity index (χ0v) is 16.8. The molecule has 1 aliphatic rings. The van der Waals surface area contributed by atoms with E-state index in [1.54, 1.807) is 0 Å². The molecule has 1 atom stereocenters. The van der Waals surface area contributed by atoms with E-state index in [-0.39, 0.29) is 21.6 Å². The molecule has 0 saturated carbocycles. The molecule has 0 amide bonds. The van der Waals surface area contributed by atoms with Gasteiger partial charge in [0.05, 0.1) is 0 Å². The highest BCUT2D eigenvalue weighted by atomic mass is 35.5. The van der Waals surface area contributed by atoms with Gasteiger partial charge in [0.1, 0.15) is 0 Å². The summed E-state index contributed by atoms with van der Waals surface area (Å²) in [4.78, 5) is 14.2. The summed E-state index contributed by atoms with van der Waals surface area (Å²) < 4.78 is 0. The molecule has 136 valence electrons. The molecule has 1 saturated heterocycles. The summed E-state index contributed by atoms with van der Waals surface area (Å²) in [6.07, 6.45) is 2.22. The highest BCUT2D eigenvalue weighted by Gasteiger charge is 2.41. The van der Waals surface area contributed by atoms with Gasteiger partial charge in [-0.15, -0.1) is 0 Å². The molecule has 1 aliphatic heterocycles. The van der Waals surface area contributed by atoms with Crippen LogP contribution in [0.1, 0.15) is 40.5 Å². The Labute approximate surface area is 154 Å². The molecule has 0 aliphatic carbocycles. The summed E-state index contributed by atoms with van der Waals surface area (Å²) >= 11 is 11.7. The van der Waals surface area contributed by atoms with E-state index >= 15 is 0 Å². The van der Waals surface area contributed by atoms with Crippen molar-refractivity contribution in [2.75, 3.05) is 26.0 Å². The SMILES string of the molecule is CN(C)C(CNc1nc(Cl)nc(Cl)n1)C1CC(C)(C)NC(C)(C)C1. The fourth-order valence-corrected chi connectivity index (χ4v) is 4.41. The van der Waals surface area contributed by atoms with Gasteiger partial charge in [0.2, 0.25) is 16.5 Å². The van der Waals surface area contributed by atoms with Crippen molar-refractivity contribution in [3.8, 4) is 0 Å². The van der Waals surface area contributed by atoms with Crippen LogP contribution < -0.4 is 10.6 Å². The molecule has 1 aromatic rings. The Hall–Kier alpha value is -0.690. The molecule has 0 radical (unpaired) electrons. The Balaban J connectivity index is 2.11. The van der Waals surface area contributed by atoms with Crippen molar-refractivity contribution in [2.45, 2.75) is 57.7 Å².